The topological polar surface area (TPSA) is 61.4 Å². The van der Waals surface area contributed by atoms with Gasteiger partial charge in [0.15, 0.2) is 0 Å². The minimum atomic E-state index is -0.251. The van der Waals surface area contributed by atoms with Gasteiger partial charge in [-0.3, -0.25) is 9.59 Å². The van der Waals surface area contributed by atoms with E-state index in [2.05, 4.69) is 10.6 Å². The van der Waals surface area contributed by atoms with Crippen molar-refractivity contribution in [3.63, 3.8) is 0 Å². The van der Waals surface area contributed by atoms with E-state index >= 15 is 0 Å². The zero-order chi connectivity index (χ0) is 17.8. The van der Waals surface area contributed by atoms with Gasteiger partial charge in [0.25, 0.3) is 0 Å². The Morgan fingerprint density at radius 1 is 1.27 bits per heavy atom. The Morgan fingerprint density at radius 3 is 2.62 bits per heavy atom. The molecule has 2 aliphatic heterocycles. The van der Waals surface area contributed by atoms with E-state index in [1.165, 1.54) is 6.07 Å². The van der Waals surface area contributed by atoms with Gasteiger partial charge >= 0.3 is 0 Å². The van der Waals surface area contributed by atoms with E-state index < -0.39 is 0 Å². The molecule has 0 radical (unpaired) electrons. The molecule has 2 N–H and O–H groups in total. The molecule has 2 aliphatic rings. The summed E-state index contributed by atoms with van der Waals surface area (Å²) in [5, 5.41) is 6.13. The second-order valence-electron chi connectivity index (χ2n) is 7.05. The number of carbonyl (C=O) groups is 2. The molecule has 0 aliphatic carbocycles. The third-order valence-electron chi connectivity index (χ3n) is 5.24. The van der Waals surface area contributed by atoms with Crippen LogP contribution in [-0.4, -0.2) is 42.4 Å². The molecule has 2 heterocycles. The summed E-state index contributed by atoms with van der Waals surface area (Å²) in [5.41, 5.74) is 1.36. The molecule has 3 rings (SSSR count). The number of halogens is 2. The number of amides is 2. The molecule has 2 amide bonds. The first-order chi connectivity index (χ1) is 12.0. The highest BCUT2D eigenvalue weighted by Gasteiger charge is 2.31. The average molecular weight is 384 g/mol. The van der Waals surface area contributed by atoms with Crippen LogP contribution in [-0.2, 0) is 16.1 Å². The van der Waals surface area contributed by atoms with E-state index in [-0.39, 0.29) is 42.0 Å². The van der Waals surface area contributed by atoms with E-state index in [0.29, 0.717) is 38.0 Å². The zero-order valence-electron chi connectivity index (χ0n) is 15.1. The second kappa shape index (κ2) is 9.33. The quantitative estimate of drug-likeness (QED) is 0.837. The molecule has 0 saturated carbocycles. The van der Waals surface area contributed by atoms with Crippen LogP contribution < -0.4 is 10.6 Å². The minimum Gasteiger partial charge on any atom is -0.352 e. The number of nitrogens with zero attached hydrogens (tertiary/aromatic N) is 1. The highest BCUT2D eigenvalue weighted by atomic mass is 35.5. The fraction of sp³-hybridized carbons (Fsp3) is 0.579. The summed E-state index contributed by atoms with van der Waals surface area (Å²) in [5.74, 6) is -0.159. The largest absolute Gasteiger partial charge is 0.352 e. The Balaban J connectivity index is 0.00000243. The van der Waals surface area contributed by atoms with Crippen molar-refractivity contribution in [1.82, 2.24) is 15.5 Å². The van der Waals surface area contributed by atoms with Gasteiger partial charge in [0.1, 0.15) is 5.82 Å². The summed E-state index contributed by atoms with van der Waals surface area (Å²) in [7, 11) is 0. The number of rotatable bonds is 4. The van der Waals surface area contributed by atoms with Gasteiger partial charge < -0.3 is 15.5 Å². The summed E-state index contributed by atoms with van der Waals surface area (Å²) in [6.45, 7) is 4.23. The van der Waals surface area contributed by atoms with Crippen molar-refractivity contribution in [2.45, 2.75) is 45.2 Å². The number of carbonyl (C=O) groups excluding carboxylic acids is 2. The number of benzene rings is 1. The van der Waals surface area contributed by atoms with Crippen LogP contribution in [0.5, 0.6) is 0 Å². The van der Waals surface area contributed by atoms with E-state index in [9.17, 15) is 14.0 Å². The predicted molar refractivity (Wildman–Crippen MR) is 101 cm³/mol. The van der Waals surface area contributed by atoms with Gasteiger partial charge in [-0.1, -0.05) is 12.1 Å². The van der Waals surface area contributed by atoms with Gasteiger partial charge in [-0.2, -0.15) is 0 Å². The maximum Gasteiger partial charge on any atom is 0.239 e. The molecule has 0 spiro atoms. The number of piperidine rings is 1. The lowest BCUT2D eigenvalue weighted by atomic mass is 9.95. The Bertz CT molecular complexity index is 642. The van der Waals surface area contributed by atoms with Crippen molar-refractivity contribution in [3.8, 4) is 0 Å². The van der Waals surface area contributed by atoms with Gasteiger partial charge in [0.05, 0.1) is 6.04 Å². The first-order valence-electron chi connectivity index (χ1n) is 9.09. The van der Waals surface area contributed by atoms with Gasteiger partial charge in [-0.15, -0.1) is 12.4 Å². The van der Waals surface area contributed by atoms with E-state index in [1.54, 1.807) is 13.0 Å². The Kier molecular flexibility index (Phi) is 7.41. The van der Waals surface area contributed by atoms with Crippen molar-refractivity contribution in [2.24, 2.45) is 5.92 Å². The first-order valence-corrected chi connectivity index (χ1v) is 9.09. The van der Waals surface area contributed by atoms with Gasteiger partial charge in [0, 0.05) is 25.6 Å². The molecule has 2 saturated heterocycles. The molecule has 2 fully saturated rings. The van der Waals surface area contributed by atoms with E-state index in [1.807, 2.05) is 11.0 Å². The molecular weight excluding hydrogens is 357 g/mol. The summed E-state index contributed by atoms with van der Waals surface area (Å²) in [6.07, 6.45) is 3.33. The van der Waals surface area contributed by atoms with E-state index in [0.717, 1.165) is 24.9 Å². The summed E-state index contributed by atoms with van der Waals surface area (Å²) in [4.78, 5) is 26.6. The van der Waals surface area contributed by atoms with Crippen molar-refractivity contribution in [2.75, 3.05) is 19.6 Å². The van der Waals surface area contributed by atoms with Crippen molar-refractivity contribution in [1.29, 1.82) is 0 Å². The highest BCUT2D eigenvalue weighted by Crippen LogP contribution is 2.20. The van der Waals surface area contributed by atoms with Gasteiger partial charge in [-0.05, 0) is 56.3 Å². The first kappa shape index (κ1) is 20.6. The Labute approximate surface area is 160 Å². The predicted octanol–water partition coefficient (Wildman–Crippen LogP) is 2.16. The van der Waals surface area contributed by atoms with Crippen molar-refractivity contribution in [3.05, 3.63) is 35.1 Å². The van der Waals surface area contributed by atoms with Crippen molar-refractivity contribution >= 4 is 24.2 Å². The normalized spacial score (nSPS) is 20.5. The monoisotopic (exact) mass is 383 g/mol. The number of aryl methyl sites for hydroxylation is 1. The number of nitrogens with one attached hydrogen (secondary N) is 2. The lowest BCUT2D eigenvalue weighted by Gasteiger charge is -2.33. The average Bonchev–Trinajstić information content (AvgIpc) is 3.16. The van der Waals surface area contributed by atoms with E-state index in [4.69, 9.17) is 0 Å². The Morgan fingerprint density at radius 2 is 2.00 bits per heavy atom. The lowest BCUT2D eigenvalue weighted by molar-refractivity contribution is -0.137. The fourth-order valence-corrected chi connectivity index (χ4v) is 3.56. The SMILES string of the molecule is Cc1ccc(CNC(=O)C2CCN(C(=O)C3CCCN3)CC2)cc1F.Cl. The highest BCUT2D eigenvalue weighted by molar-refractivity contribution is 5.85. The van der Waals surface area contributed by atoms with Crippen LogP contribution in [0.3, 0.4) is 0 Å². The lowest BCUT2D eigenvalue weighted by Crippen LogP contribution is -2.48. The second-order valence-corrected chi connectivity index (χ2v) is 7.05. The summed E-state index contributed by atoms with van der Waals surface area (Å²) in [6, 6.07) is 4.97. The molecule has 1 unspecified atom stereocenters. The molecule has 144 valence electrons. The number of likely N-dealkylation sites (tertiary alicyclic amines) is 1. The van der Waals surface area contributed by atoms with Crippen LogP contribution in [0.15, 0.2) is 18.2 Å². The fourth-order valence-electron chi connectivity index (χ4n) is 3.56. The zero-order valence-corrected chi connectivity index (χ0v) is 15.9. The summed E-state index contributed by atoms with van der Waals surface area (Å²) < 4.78 is 13.5. The molecule has 1 aromatic carbocycles. The molecular formula is C19H27ClFN3O2. The number of hydrogen-bond acceptors (Lipinski definition) is 3. The van der Waals surface area contributed by atoms with Crippen LogP contribution in [0.2, 0.25) is 0 Å². The maximum absolute atomic E-state index is 13.5. The number of hydrogen-bond donors (Lipinski definition) is 2. The molecule has 1 aromatic rings. The van der Waals surface area contributed by atoms with Gasteiger partial charge in [0.2, 0.25) is 11.8 Å². The third kappa shape index (κ3) is 4.95. The van der Waals surface area contributed by atoms with Crippen molar-refractivity contribution < 1.29 is 14.0 Å². The van der Waals surface area contributed by atoms with Crippen LogP contribution in [0, 0.1) is 18.7 Å². The molecule has 7 heteroatoms. The molecule has 0 aromatic heterocycles. The smallest absolute Gasteiger partial charge is 0.239 e. The molecule has 1 atom stereocenters. The van der Waals surface area contributed by atoms with Crippen LogP contribution in [0.1, 0.15) is 36.8 Å². The van der Waals surface area contributed by atoms with Crippen LogP contribution in [0.25, 0.3) is 0 Å². The summed E-state index contributed by atoms with van der Waals surface area (Å²) >= 11 is 0. The third-order valence-corrected chi connectivity index (χ3v) is 5.24. The van der Waals surface area contributed by atoms with Gasteiger partial charge in [-0.25, -0.2) is 4.39 Å². The van der Waals surface area contributed by atoms with Crippen LogP contribution in [0.4, 0.5) is 4.39 Å². The minimum absolute atomic E-state index is 0. The maximum atomic E-state index is 13.5. The molecule has 5 nitrogen and oxygen atoms in total. The molecule has 0 bridgehead atoms. The molecule has 26 heavy (non-hydrogen) atoms. The standard InChI is InChI=1S/C19H26FN3O2.ClH/c1-13-4-5-14(11-16(13)20)12-22-18(24)15-6-9-23(10-7-15)19(25)17-3-2-8-21-17;/h4-5,11,15,17,21H,2-3,6-10,12H2,1H3,(H,22,24);1H. The van der Waals surface area contributed by atoms with Crippen LogP contribution >= 0.6 is 12.4 Å². The Hall–Kier alpha value is -1.66.